The molecule has 9 heteroatoms. The fourth-order valence-electron chi connectivity index (χ4n) is 3.80. The minimum Gasteiger partial charge on any atom is -0.495 e. The minimum atomic E-state index is -4.08. The molecule has 0 spiro atoms. The molecule has 0 saturated carbocycles. The summed E-state index contributed by atoms with van der Waals surface area (Å²) in [6, 6.07) is 18.0. The van der Waals surface area contributed by atoms with E-state index in [1.807, 2.05) is 43.3 Å². The highest BCUT2D eigenvalue weighted by atomic mass is 32.2. The van der Waals surface area contributed by atoms with Crippen molar-refractivity contribution in [2.45, 2.75) is 37.2 Å². The number of rotatable bonds is 11. The Balaban J connectivity index is 1.89. The summed E-state index contributed by atoms with van der Waals surface area (Å²) in [5, 5.41) is 2.93. The first-order valence-corrected chi connectivity index (χ1v) is 12.9. The normalized spacial score (nSPS) is 12.9. The predicted molar refractivity (Wildman–Crippen MR) is 138 cm³/mol. The van der Waals surface area contributed by atoms with E-state index in [0.29, 0.717) is 11.5 Å². The average molecular weight is 513 g/mol. The van der Waals surface area contributed by atoms with Gasteiger partial charge in [-0.3, -0.25) is 4.79 Å². The first-order valence-electron chi connectivity index (χ1n) is 11.4. The smallest absolute Gasteiger partial charge is 0.244 e. The summed E-state index contributed by atoms with van der Waals surface area (Å²) in [7, 11) is 0.408. The third-order valence-electron chi connectivity index (χ3n) is 5.77. The van der Waals surface area contributed by atoms with Gasteiger partial charge < -0.3 is 19.5 Å². The molecule has 1 amide bonds. The van der Waals surface area contributed by atoms with Crippen LogP contribution in [0.5, 0.6) is 17.2 Å². The van der Waals surface area contributed by atoms with Gasteiger partial charge in [-0.15, -0.1) is 0 Å². The molecule has 2 atom stereocenters. The number of benzene rings is 3. The zero-order chi connectivity index (χ0) is 26.3. The van der Waals surface area contributed by atoms with Crippen molar-refractivity contribution in [2.75, 3.05) is 21.3 Å². The van der Waals surface area contributed by atoms with Crippen molar-refractivity contribution >= 4 is 15.9 Å². The highest BCUT2D eigenvalue weighted by molar-refractivity contribution is 7.89. The zero-order valence-electron chi connectivity index (χ0n) is 21.1. The highest BCUT2D eigenvalue weighted by Gasteiger charge is 2.29. The zero-order valence-corrected chi connectivity index (χ0v) is 21.9. The van der Waals surface area contributed by atoms with Crippen LogP contribution in [-0.4, -0.2) is 41.7 Å². The Hall–Kier alpha value is -3.56. The maximum Gasteiger partial charge on any atom is 0.244 e. The second-order valence-corrected chi connectivity index (χ2v) is 10.0. The average Bonchev–Trinajstić information content (AvgIpc) is 2.88. The van der Waals surface area contributed by atoms with Crippen LogP contribution in [0.4, 0.5) is 0 Å². The predicted octanol–water partition coefficient (Wildman–Crippen LogP) is 3.79. The van der Waals surface area contributed by atoms with Gasteiger partial charge in [0.2, 0.25) is 15.9 Å². The van der Waals surface area contributed by atoms with Gasteiger partial charge in [0.05, 0.1) is 27.4 Å². The molecule has 0 aliphatic heterocycles. The minimum absolute atomic E-state index is 0.0243. The SMILES string of the molecule is COc1ccc([C@@H](C)NC(=O)[C@@H](Cc2ccccc2)NS(=O)(=O)c2cc(C)ccc2OC)cc1OC. The lowest BCUT2D eigenvalue weighted by Crippen LogP contribution is -2.48. The molecule has 3 aromatic rings. The van der Waals surface area contributed by atoms with Gasteiger partial charge in [0, 0.05) is 0 Å². The number of sulfonamides is 1. The van der Waals surface area contributed by atoms with E-state index in [2.05, 4.69) is 10.0 Å². The van der Waals surface area contributed by atoms with Gasteiger partial charge >= 0.3 is 0 Å². The molecule has 0 aliphatic carbocycles. The third kappa shape index (κ3) is 6.56. The van der Waals surface area contributed by atoms with Crippen molar-refractivity contribution in [1.29, 1.82) is 0 Å². The van der Waals surface area contributed by atoms with Gasteiger partial charge in [-0.05, 0) is 61.2 Å². The second-order valence-electron chi connectivity index (χ2n) is 8.36. The lowest BCUT2D eigenvalue weighted by atomic mass is 10.0. The molecule has 0 heterocycles. The number of carbonyl (C=O) groups is 1. The molecule has 0 radical (unpaired) electrons. The van der Waals surface area contributed by atoms with Crippen LogP contribution < -0.4 is 24.2 Å². The van der Waals surface area contributed by atoms with E-state index in [1.54, 1.807) is 38.3 Å². The topological polar surface area (TPSA) is 103 Å². The Morgan fingerprint density at radius 2 is 1.50 bits per heavy atom. The van der Waals surface area contributed by atoms with Crippen LogP contribution in [0.15, 0.2) is 71.6 Å². The number of nitrogens with one attached hydrogen (secondary N) is 2. The summed E-state index contributed by atoms with van der Waals surface area (Å²) in [5.41, 5.74) is 2.35. The van der Waals surface area contributed by atoms with E-state index in [0.717, 1.165) is 16.7 Å². The Morgan fingerprint density at radius 3 is 2.14 bits per heavy atom. The largest absolute Gasteiger partial charge is 0.495 e. The second kappa shape index (κ2) is 11.9. The summed E-state index contributed by atoms with van der Waals surface area (Å²) in [4.78, 5) is 13.4. The number of aryl methyl sites for hydroxylation is 1. The highest BCUT2D eigenvalue weighted by Crippen LogP contribution is 2.30. The van der Waals surface area contributed by atoms with Gasteiger partial charge in [0.25, 0.3) is 0 Å². The molecular formula is C27H32N2O6S. The van der Waals surface area contributed by atoms with Crippen molar-refractivity contribution < 1.29 is 27.4 Å². The first-order chi connectivity index (χ1) is 17.2. The molecular weight excluding hydrogens is 480 g/mol. The Labute approximate surface area is 212 Å². The molecule has 0 unspecified atom stereocenters. The van der Waals surface area contributed by atoms with E-state index < -0.39 is 28.0 Å². The van der Waals surface area contributed by atoms with Crippen LogP contribution in [0.3, 0.4) is 0 Å². The Bertz CT molecular complexity index is 1290. The Kier molecular flexibility index (Phi) is 8.95. The lowest BCUT2D eigenvalue weighted by molar-refractivity contribution is -0.123. The first kappa shape index (κ1) is 27.0. The number of carbonyl (C=O) groups excluding carboxylic acids is 1. The summed E-state index contributed by atoms with van der Waals surface area (Å²) < 4.78 is 45.3. The summed E-state index contributed by atoms with van der Waals surface area (Å²) in [6.07, 6.45) is 0.165. The van der Waals surface area contributed by atoms with E-state index in [4.69, 9.17) is 14.2 Å². The summed E-state index contributed by atoms with van der Waals surface area (Å²) in [6.45, 7) is 3.61. The molecule has 36 heavy (non-hydrogen) atoms. The van der Waals surface area contributed by atoms with Gasteiger partial charge in [-0.2, -0.15) is 4.72 Å². The molecule has 0 saturated heterocycles. The molecule has 3 aromatic carbocycles. The summed E-state index contributed by atoms with van der Waals surface area (Å²) >= 11 is 0. The van der Waals surface area contributed by atoms with Crippen molar-refractivity contribution in [3.05, 3.63) is 83.4 Å². The van der Waals surface area contributed by atoms with Gasteiger partial charge in [-0.25, -0.2) is 8.42 Å². The third-order valence-corrected chi connectivity index (χ3v) is 7.26. The standard InChI is InChI=1S/C27H32N2O6S/c1-18-11-13-24(34-4)26(15-18)36(31,32)29-22(16-20-9-7-6-8-10-20)27(30)28-19(2)21-12-14-23(33-3)25(17-21)35-5/h6-15,17,19,22,29H,16H2,1-5H3,(H,28,30)/t19-,22-/m1/s1. The van der Waals surface area contributed by atoms with E-state index >= 15 is 0 Å². The van der Waals surface area contributed by atoms with Crippen LogP contribution in [0.25, 0.3) is 0 Å². The van der Waals surface area contributed by atoms with Gasteiger partial charge in [-0.1, -0.05) is 42.5 Å². The van der Waals surface area contributed by atoms with E-state index in [9.17, 15) is 13.2 Å². The van der Waals surface area contributed by atoms with E-state index in [1.165, 1.54) is 20.3 Å². The van der Waals surface area contributed by atoms with Crippen molar-refractivity contribution in [1.82, 2.24) is 10.0 Å². The van der Waals surface area contributed by atoms with Crippen LogP contribution in [0.2, 0.25) is 0 Å². The molecule has 0 aliphatic rings. The molecule has 192 valence electrons. The fraction of sp³-hybridized carbons (Fsp3) is 0.296. The Morgan fingerprint density at radius 1 is 0.861 bits per heavy atom. The van der Waals surface area contributed by atoms with Gasteiger partial charge in [0.1, 0.15) is 16.7 Å². The molecule has 2 N–H and O–H groups in total. The van der Waals surface area contributed by atoms with Crippen molar-refractivity contribution in [3.8, 4) is 17.2 Å². The number of methoxy groups -OCH3 is 3. The lowest BCUT2D eigenvalue weighted by Gasteiger charge is -2.23. The van der Waals surface area contributed by atoms with Crippen LogP contribution >= 0.6 is 0 Å². The number of ether oxygens (including phenoxy) is 3. The van der Waals surface area contributed by atoms with Crippen LogP contribution in [0, 0.1) is 6.92 Å². The maximum atomic E-state index is 13.4. The maximum absolute atomic E-state index is 13.4. The molecule has 0 bridgehead atoms. The molecule has 3 rings (SSSR count). The molecule has 0 aromatic heterocycles. The van der Waals surface area contributed by atoms with Crippen molar-refractivity contribution in [2.24, 2.45) is 0 Å². The van der Waals surface area contributed by atoms with E-state index in [-0.39, 0.29) is 17.1 Å². The number of hydrogen-bond acceptors (Lipinski definition) is 6. The van der Waals surface area contributed by atoms with Gasteiger partial charge in [0.15, 0.2) is 11.5 Å². The number of hydrogen-bond donors (Lipinski definition) is 2. The van der Waals surface area contributed by atoms with Crippen LogP contribution in [0.1, 0.15) is 29.7 Å². The molecule has 8 nitrogen and oxygen atoms in total. The number of amides is 1. The quantitative estimate of drug-likeness (QED) is 0.405. The fourth-order valence-corrected chi connectivity index (χ4v) is 5.25. The monoisotopic (exact) mass is 512 g/mol. The van der Waals surface area contributed by atoms with Crippen molar-refractivity contribution in [3.63, 3.8) is 0 Å². The van der Waals surface area contributed by atoms with Crippen LogP contribution in [-0.2, 0) is 21.2 Å². The molecule has 0 fully saturated rings. The summed E-state index contributed by atoms with van der Waals surface area (Å²) in [5.74, 6) is 0.841.